The lowest BCUT2D eigenvalue weighted by Crippen LogP contribution is -2.54. The molecular formula is C23H20F6N2O3S2. The van der Waals surface area contributed by atoms with Crippen molar-refractivity contribution in [1.29, 1.82) is 0 Å². The molecule has 3 aromatic rings. The molecule has 0 spiro atoms. The predicted molar refractivity (Wildman–Crippen MR) is 122 cm³/mol. The molecule has 1 aromatic heterocycles. The number of benzene rings is 2. The van der Waals surface area contributed by atoms with Gasteiger partial charge in [-0.2, -0.15) is 30.6 Å². The summed E-state index contributed by atoms with van der Waals surface area (Å²) in [6, 6.07) is 14.6. The fraction of sp³-hybridized carbons (Fsp3) is 0.304. The third kappa shape index (κ3) is 4.60. The first-order chi connectivity index (χ1) is 16.8. The van der Waals surface area contributed by atoms with Gasteiger partial charge in [0.15, 0.2) is 0 Å². The minimum atomic E-state index is -5.99. The van der Waals surface area contributed by atoms with Gasteiger partial charge in [-0.3, -0.25) is 0 Å². The number of thiophene rings is 1. The minimum Gasteiger partial charge on any atom is -0.369 e. The van der Waals surface area contributed by atoms with Gasteiger partial charge in [0.1, 0.15) is 4.21 Å². The van der Waals surface area contributed by atoms with Crippen LogP contribution < -0.4 is 4.90 Å². The maximum absolute atomic E-state index is 13.3. The van der Waals surface area contributed by atoms with Gasteiger partial charge in [0.2, 0.25) is 0 Å². The molecule has 0 amide bonds. The van der Waals surface area contributed by atoms with Crippen molar-refractivity contribution in [2.75, 3.05) is 24.5 Å². The zero-order valence-corrected chi connectivity index (χ0v) is 20.0. The number of nitrogens with zero attached hydrogens (tertiary/aromatic N) is 2. The number of aliphatic hydroxyl groups is 1. The first-order valence-electron chi connectivity index (χ1n) is 10.6. The van der Waals surface area contributed by atoms with Crippen LogP contribution in [0.3, 0.4) is 0 Å². The van der Waals surface area contributed by atoms with E-state index in [0.717, 1.165) is 29.0 Å². The summed E-state index contributed by atoms with van der Waals surface area (Å²) in [5, 5.41) is 11.3. The van der Waals surface area contributed by atoms with E-state index in [2.05, 4.69) is 0 Å². The van der Waals surface area contributed by atoms with E-state index in [-0.39, 0.29) is 29.5 Å². The Morgan fingerprint density at radius 3 is 1.97 bits per heavy atom. The maximum Gasteiger partial charge on any atom is 0.430 e. The summed E-state index contributed by atoms with van der Waals surface area (Å²) in [6.45, 7) is 0.202. The van der Waals surface area contributed by atoms with E-state index in [4.69, 9.17) is 0 Å². The van der Waals surface area contributed by atoms with Crippen LogP contribution in [-0.4, -0.2) is 49.8 Å². The van der Waals surface area contributed by atoms with Crippen molar-refractivity contribution in [2.24, 2.45) is 0 Å². The van der Waals surface area contributed by atoms with Crippen molar-refractivity contribution in [3.05, 3.63) is 83.2 Å². The van der Waals surface area contributed by atoms with Gasteiger partial charge in [-0.15, -0.1) is 11.3 Å². The summed E-state index contributed by atoms with van der Waals surface area (Å²) in [7, 11) is -3.78. The highest BCUT2D eigenvalue weighted by Gasteiger charge is 2.71. The summed E-state index contributed by atoms with van der Waals surface area (Å²) in [5.74, 6) is 0. The SMILES string of the molecule is O=S(=O)(c1cccs1)N1CCN(c2ccc(C(O)(C(F)(F)F)C(F)(F)F)cc2)[C@@H](c2ccccc2)C1. The van der Waals surface area contributed by atoms with Gasteiger partial charge in [0.25, 0.3) is 15.6 Å². The lowest BCUT2D eigenvalue weighted by molar-refractivity contribution is -0.376. The molecule has 2 aromatic carbocycles. The average molecular weight is 551 g/mol. The molecule has 0 bridgehead atoms. The molecule has 0 radical (unpaired) electrons. The van der Waals surface area contributed by atoms with Gasteiger partial charge < -0.3 is 10.0 Å². The van der Waals surface area contributed by atoms with Crippen molar-refractivity contribution in [3.63, 3.8) is 0 Å². The highest BCUT2D eigenvalue weighted by molar-refractivity contribution is 7.91. The predicted octanol–water partition coefficient (Wildman–Crippen LogP) is 5.31. The molecule has 2 heterocycles. The van der Waals surface area contributed by atoms with Gasteiger partial charge in [0.05, 0.1) is 6.04 Å². The summed E-state index contributed by atoms with van der Waals surface area (Å²) in [6.07, 6.45) is -12.0. The van der Waals surface area contributed by atoms with E-state index >= 15 is 0 Å². The van der Waals surface area contributed by atoms with Crippen molar-refractivity contribution in [1.82, 2.24) is 4.31 Å². The second kappa shape index (κ2) is 9.36. The Balaban J connectivity index is 1.69. The number of hydrogen-bond acceptors (Lipinski definition) is 5. The van der Waals surface area contributed by atoms with Gasteiger partial charge in [-0.1, -0.05) is 48.5 Å². The molecule has 4 rings (SSSR count). The Morgan fingerprint density at radius 1 is 0.833 bits per heavy atom. The molecule has 36 heavy (non-hydrogen) atoms. The van der Waals surface area contributed by atoms with Crippen LogP contribution in [0.2, 0.25) is 0 Å². The van der Waals surface area contributed by atoms with Crippen molar-refractivity contribution >= 4 is 27.0 Å². The molecule has 13 heteroatoms. The highest BCUT2D eigenvalue weighted by Crippen LogP contribution is 2.50. The standard InChI is InChI=1S/C23H20F6N2O3S2/c24-22(25,26)21(32,23(27,28)29)17-8-10-18(11-9-17)31-13-12-30(36(33,34)20-7-4-14-35-20)15-19(31)16-5-2-1-3-6-16/h1-11,14,19,32H,12-13,15H2/t19-/m1/s1. The fourth-order valence-corrected chi connectivity index (χ4v) is 6.75. The van der Waals surface area contributed by atoms with Crippen LogP contribution in [0.1, 0.15) is 17.2 Å². The zero-order chi connectivity index (χ0) is 26.4. The van der Waals surface area contributed by atoms with Crippen molar-refractivity contribution < 1.29 is 39.9 Å². The molecule has 1 N–H and O–H groups in total. The summed E-state index contributed by atoms with van der Waals surface area (Å²) in [4.78, 5) is 1.72. The molecule has 1 aliphatic rings. The monoisotopic (exact) mass is 550 g/mol. The first kappa shape index (κ1) is 26.5. The fourth-order valence-electron chi connectivity index (χ4n) is 4.17. The molecule has 0 unspecified atom stereocenters. The Labute approximate surface area is 207 Å². The number of rotatable bonds is 5. The number of halogens is 6. The molecule has 1 aliphatic heterocycles. The minimum absolute atomic E-state index is 0.0149. The van der Waals surface area contributed by atoms with Gasteiger partial charge >= 0.3 is 12.4 Å². The largest absolute Gasteiger partial charge is 0.430 e. The van der Waals surface area contributed by atoms with Crippen molar-refractivity contribution in [2.45, 2.75) is 28.2 Å². The quantitative estimate of drug-likeness (QED) is 0.438. The first-order valence-corrected chi connectivity index (χ1v) is 12.9. The number of piperazine rings is 1. The highest BCUT2D eigenvalue weighted by atomic mass is 32.2. The second-order valence-electron chi connectivity index (χ2n) is 8.17. The average Bonchev–Trinajstić information content (AvgIpc) is 3.38. The van der Waals surface area contributed by atoms with Crippen molar-refractivity contribution in [3.8, 4) is 0 Å². The van der Waals surface area contributed by atoms with E-state index in [1.165, 1.54) is 10.4 Å². The normalized spacial score (nSPS) is 18.4. The van der Waals surface area contributed by atoms with Crippen LogP contribution in [-0.2, 0) is 15.6 Å². The second-order valence-corrected chi connectivity index (χ2v) is 11.3. The maximum atomic E-state index is 13.3. The molecule has 194 valence electrons. The number of hydrogen-bond donors (Lipinski definition) is 1. The molecular weight excluding hydrogens is 530 g/mol. The smallest absolute Gasteiger partial charge is 0.369 e. The van der Waals surface area contributed by atoms with Gasteiger partial charge in [-0.05, 0) is 29.1 Å². The van der Waals surface area contributed by atoms with E-state index in [0.29, 0.717) is 12.1 Å². The number of alkyl halides is 6. The molecule has 1 fully saturated rings. The summed E-state index contributed by atoms with van der Waals surface area (Å²) >= 11 is 1.07. The van der Waals surface area contributed by atoms with Crippen LogP contribution in [0.4, 0.5) is 32.0 Å². The summed E-state index contributed by atoms with van der Waals surface area (Å²) in [5.41, 5.74) is -5.38. The molecule has 1 atom stereocenters. The molecule has 5 nitrogen and oxygen atoms in total. The lowest BCUT2D eigenvalue weighted by atomic mass is 9.92. The molecule has 0 aliphatic carbocycles. The Kier molecular flexibility index (Phi) is 6.88. The Bertz CT molecular complexity index is 1260. The summed E-state index contributed by atoms with van der Waals surface area (Å²) < 4.78 is 107. The van der Waals surface area contributed by atoms with Crippen LogP contribution in [0, 0.1) is 0 Å². The molecule has 0 saturated carbocycles. The van der Waals surface area contributed by atoms with Gasteiger partial charge in [0, 0.05) is 30.9 Å². The van der Waals surface area contributed by atoms with E-state index < -0.39 is 39.6 Å². The number of anilines is 1. The number of sulfonamides is 1. The van der Waals surface area contributed by atoms with Gasteiger partial charge in [-0.25, -0.2) is 8.42 Å². The van der Waals surface area contributed by atoms with Crippen LogP contribution in [0.5, 0.6) is 0 Å². The Morgan fingerprint density at radius 2 is 1.44 bits per heavy atom. The Hall–Kier alpha value is -2.61. The molecule has 1 saturated heterocycles. The van der Waals surface area contributed by atoms with Crippen LogP contribution in [0.25, 0.3) is 0 Å². The van der Waals surface area contributed by atoms with E-state index in [9.17, 15) is 39.9 Å². The topological polar surface area (TPSA) is 60.9 Å². The van der Waals surface area contributed by atoms with E-state index in [1.54, 1.807) is 46.7 Å². The zero-order valence-electron chi connectivity index (χ0n) is 18.4. The van der Waals surface area contributed by atoms with Crippen LogP contribution in [0.15, 0.2) is 76.3 Å². The lowest BCUT2D eigenvalue weighted by Gasteiger charge is -2.42. The third-order valence-corrected chi connectivity index (χ3v) is 9.29. The van der Waals surface area contributed by atoms with E-state index in [1.807, 2.05) is 0 Å². The third-order valence-electron chi connectivity index (χ3n) is 6.05. The van der Waals surface area contributed by atoms with Crippen LogP contribution >= 0.6 is 11.3 Å².